The zero-order valence-corrected chi connectivity index (χ0v) is 12.5. The van der Waals surface area contributed by atoms with Crippen LogP contribution in [0.4, 0.5) is 5.69 Å². The molecule has 0 aliphatic rings. The molecule has 0 bridgehead atoms. The molecule has 0 radical (unpaired) electrons. The molecule has 0 saturated carbocycles. The van der Waals surface area contributed by atoms with E-state index in [9.17, 15) is 0 Å². The van der Waals surface area contributed by atoms with Crippen molar-refractivity contribution in [2.45, 2.75) is 13.5 Å². The normalized spacial score (nSPS) is 10.3. The molecule has 19 heavy (non-hydrogen) atoms. The Bertz CT molecular complexity index is 584. The number of hydrogen-bond acceptors (Lipinski definition) is 3. The van der Waals surface area contributed by atoms with Gasteiger partial charge in [0.1, 0.15) is 18.1 Å². The summed E-state index contributed by atoms with van der Waals surface area (Å²) >= 11 is 3.50. The summed E-state index contributed by atoms with van der Waals surface area (Å²) in [5, 5.41) is 0. The van der Waals surface area contributed by atoms with E-state index in [1.807, 2.05) is 43.3 Å². The van der Waals surface area contributed by atoms with E-state index in [0.717, 1.165) is 21.3 Å². The Morgan fingerprint density at radius 2 is 1.95 bits per heavy atom. The molecule has 2 aromatic carbocycles. The Kier molecular flexibility index (Phi) is 4.32. The van der Waals surface area contributed by atoms with Crippen molar-refractivity contribution in [3.8, 4) is 11.5 Å². The zero-order valence-electron chi connectivity index (χ0n) is 10.9. The molecular formula is C15H16BrNO2. The molecule has 0 spiro atoms. The van der Waals surface area contributed by atoms with Gasteiger partial charge in [0.25, 0.3) is 0 Å². The summed E-state index contributed by atoms with van der Waals surface area (Å²) in [5.74, 6) is 1.51. The second kappa shape index (κ2) is 5.97. The van der Waals surface area contributed by atoms with Crippen molar-refractivity contribution in [2.75, 3.05) is 12.8 Å². The maximum atomic E-state index is 5.89. The molecule has 100 valence electrons. The minimum absolute atomic E-state index is 0.436. The number of ether oxygens (including phenoxy) is 2. The second-order valence-electron chi connectivity index (χ2n) is 4.29. The van der Waals surface area contributed by atoms with Crippen LogP contribution in [-0.2, 0) is 6.61 Å². The number of anilines is 1. The van der Waals surface area contributed by atoms with Gasteiger partial charge in [0.2, 0.25) is 0 Å². The highest BCUT2D eigenvalue weighted by atomic mass is 79.9. The largest absolute Gasteiger partial charge is 0.497 e. The van der Waals surface area contributed by atoms with Crippen LogP contribution in [0.3, 0.4) is 0 Å². The highest BCUT2D eigenvalue weighted by molar-refractivity contribution is 9.10. The standard InChI is InChI=1S/C15H16BrNO2/c1-10-3-6-14(17)15(7-10)19-9-11-8-12(18-2)4-5-13(11)16/h3-8H,9,17H2,1-2H3. The van der Waals surface area contributed by atoms with E-state index < -0.39 is 0 Å². The number of hydrogen-bond donors (Lipinski definition) is 1. The SMILES string of the molecule is COc1ccc(Br)c(COc2cc(C)ccc2N)c1. The summed E-state index contributed by atoms with van der Waals surface area (Å²) in [4.78, 5) is 0. The van der Waals surface area contributed by atoms with Gasteiger partial charge in [-0.2, -0.15) is 0 Å². The summed E-state index contributed by atoms with van der Waals surface area (Å²) in [7, 11) is 1.65. The lowest BCUT2D eigenvalue weighted by atomic mass is 10.2. The van der Waals surface area contributed by atoms with Crippen LogP contribution in [0.15, 0.2) is 40.9 Å². The van der Waals surface area contributed by atoms with Crippen LogP contribution in [0, 0.1) is 6.92 Å². The molecule has 0 saturated heterocycles. The molecule has 0 aliphatic heterocycles. The third-order valence-corrected chi connectivity index (χ3v) is 3.58. The van der Waals surface area contributed by atoms with E-state index in [-0.39, 0.29) is 0 Å². The lowest BCUT2D eigenvalue weighted by Gasteiger charge is -2.11. The summed E-state index contributed by atoms with van der Waals surface area (Å²) in [5.41, 5.74) is 8.66. The molecule has 0 heterocycles. The van der Waals surface area contributed by atoms with Crippen LogP contribution >= 0.6 is 15.9 Å². The molecule has 2 aromatic rings. The zero-order chi connectivity index (χ0) is 13.8. The first-order chi connectivity index (χ1) is 9.10. The maximum Gasteiger partial charge on any atom is 0.142 e. The van der Waals surface area contributed by atoms with Crippen LogP contribution in [0.2, 0.25) is 0 Å². The third-order valence-electron chi connectivity index (χ3n) is 2.81. The maximum absolute atomic E-state index is 5.89. The van der Waals surface area contributed by atoms with Crippen molar-refractivity contribution in [1.82, 2.24) is 0 Å². The van der Waals surface area contributed by atoms with E-state index in [1.165, 1.54) is 0 Å². The van der Waals surface area contributed by atoms with Crippen LogP contribution in [0.25, 0.3) is 0 Å². The van der Waals surface area contributed by atoms with Gasteiger partial charge in [-0.25, -0.2) is 0 Å². The third kappa shape index (κ3) is 3.41. The summed E-state index contributed by atoms with van der Waals surface area (Å²) in [6, 6.07) is 11.5. The van der Waals surface area contributed by atoms with Gasteiger partial charge in [-0.05, 0) is 42.8 Å². The molecule has 0 unspecified atom stereocenters. The minimum atomic E-state index is 0.436. The number of benzene rings is 2. The van der Waals surface area contributed by atoms with E-state index in [1.54, 1.807) is 7.11 Å². The first kappa shape index (κ1) is 13.7. The molecule has 3 nitrogen and oxygen atoms in total. The number of halogens is 1. The van der Waals surface area contributed by atoms with Gasteiger partial charge in [0, 0.05) is 10.0 Å². The van der Waals surface area contributed by atoms with Gasteiger partial charge in [-0.15, -0.1) is 0 Å². The molecule has 4 heteroatoms. The minimum Gasteiger partial charge on any atom is -0.497 e. The summed E-state index contributed by atoms with van der Waals surface area (Å²) in [6.45, 7) is 2.44. The number of nitrogen functional groups attached to an aromatic ring is 1. The molecule has 2 rings (SSSR count). The number of nitrogens with two attached hydrogens (primary N) is 1. The fraction of sp³-hybridized carbons (Fsp3) is 0.200. The summed E-state index contributed by atoms with van der Waals surface area (Å²) < 4.78 is 12.0. The molecule has 0 fully saturated rings. The van der Waals surface area contributed by atoms with Crippen LogP contribution in [-0.4, -0.2) is 7.11 Å². The predicted molar refractivity (Wildman–Crippen MR) is 80.6 cm³/mol. The Balaban J connectivity index is 2.16. The van der Waals surface area contributed by atoms with Crippen molar-refractivity contribution in [3.63, 3.8) is 0 Å². The molecule has 0 amide bonds. The van der Waals surface area contributed by atoms with Gasteiger partial charge < -0.3 is 15.2 Å². The van der Waals surface area contributed by atoms with E-state index >= 15 is 0 Å². The van der Waals surface area contributed by atoms with Crippen molar-refractivity contribution < 1.29 is 9.47 Å². The predicted octanol–water partition coefficient (Wildman–Crippen LogP) is 3.93. The van der Waals surface area contributed by atoms with Gasteiger partial charge in [-0.1, -0.05) is 22.0 Å². The first-order valence-corrected chi connectivity index (χ1v) is 6.71. The average molecular weight is 322 g/mol. The van der Waals surface area contributed by atoms with E-state index in [0.29, 0.717) is 18.0 Å². The van der Waals surface area contributed by atoms with Crippen molar-refractivity contribution >= 4 is 21.6 Å². The van der Waals surface area contributed by atoms with Crippen molar-refractivity contribution in [3.05, 3.63) is 52.0 Å². The van der Waals surface area contributed by atoms with Crippen molar-refractivity contribution in [1.29, 1.82) is 0 Å². The fourth-order valence-electron chi connectivity index (χ4n) is 1.71. The Morgan fingerprint density at radius 1 is 1.16 bits per heavy atom. The van der Waals surface area contributed by atoms with Gasteiger partial charge >= 0.3 is 0 Å². The Hall–Kier alpha value is -1.68. The number of aryl methyl sites for hydroxylation is 1. The van der Waals surface area contributed by atoms with E-state index in [2.05, 4.69) is 15.9 Å². The summed E-state index contributed by atoms with van der Waals surface area (Å²) in [6.07, 6.45) is 0. The molecular weight excluding hydrogens is 306 g/mol. The topological polar surface area (TPSA) is 44.5 Å². The molecule has 0 atom stereocenters. The highest BCUT2D eigenvalue weighted by Gasteiger charge is 2.05. The quantitative estimate of drug-likeness (QED) is 0.868. The molecule has 0 aromatic heterocycles. The smallest absolute Gasteiger partial charge is 0.142 e. The monoisotopic (exact) mass is 321 g/mol. The second-order valence-corrected chi connectivity index (χ2v) is 5.14. The van der Waals surface area contributed by atoms with Crippen molar-refractivity contribution in [2.24, 2.45) is 0 Å². The Morgan fingerprint density at radius 3 is 2.68 bits per heavy atom. The first-order valence-electron chi connectivity index (χ1n) is 5.91. The average Bonchev–Trinajstić information content (AvgIpc) is 2.41. The lowest BCUT2D eigenvalue weighted by Crippen LogP contribution is -2.00. The van der Waals surface area contributed by atoms with E-state index in [4.69, 9.17) is 15.2 Å². The fourth-order valence-corrected chi connectivity index (χ4v) is 2.07. The highest BCUT2D eigenvalue weighted by Crippen LogP contribution is 2.27. The van der Waals surface area contributed by atoms with Crippen LogP contribution in [0.5, 0.6) is 11.5 Å². The van der Waals surface area contributed by atoms with Gasteiger partial charge in [0.15, 0.2) is 0 Å². The van der Waals surface area contributed by atoms with Gasteiger partial charge in [-0.3, -0.25) is 0 Å². The number of methoxy groups -OCH3 is 1. The van der Waals surface area contributed by atoms with Crippen LogP contribution < -0.4 is 15.2 Å². The van der Waals surface area contributed by atoms with Gasteiger partial charge in [0.05, 0.1) is 12.8 Å². The molecule has 0 aliphatic carbocycles. The Labute approximate surface area is 121 Å². The van der Waals surface area contributed by atoms with Crippen LogP contribution in [0.1, 0.15) is 11.1 Å². The number of rotatable bonds is 4. The lowest BCUT2D eigenvalue weighted by molar-refractivity contribution is 0.306. The molecule has 2 N–H and O–H groups in total.